The van der Waals surface area contributed by atoms with E-state index in [-0.39, 0.29) is 0 Å². The van der Waals surface area contributed by atoms with Gasteiger partial charge in [-0.05, 0) is 25.1 Å². The maximum absolute atomic E-state index is 4.12. The van der Waals surface area contributed by atoms with Gasteiger partial charge in [-0.3, -0.25) is 4.98 Å². The maximum Gasteiger partial charge on any atom is 0.0680 e. The quantitative estimate of drug-likeness (QED) is 0.692. The fraction of sp³-hybridized carbons (Fsp3) is 0.444. The molecule has 0 saturated heterocycles. The third-order valence-electron chi connectivity index (χ3n) is 2.23. The summed E-state index contributed by atoms with van der Waals surface area (Å²) >= 11 is 0. The van der Waals surface area contributed by atoms with E-state index in [1.165, 1.54) is 11.3 Å². The van der Waals surface area contributed by atoms with Crippen LogP contribution in [0.25, 0.3) is 0 Å². The Morgan fingerprint density at radius 1 is 1.67 bits per heavy atom. The van der Waals surface area contributed by atoms with Crippen LogP contribution in [0.5, 0.6) is 0 Å². The lowest BCUT2D eigenvalue weighted by atomic mass is 10.2. The van der Waals surface area contributed by atoms with Crippen LogP contribution in [0.1, 0.15) is 5.56 Å². The lowest BCUT2D eigenvalue weighted by Crippen LogP contribution is -2.30. The minimum atomic E-state index is 0.915. The second-order valence-corrected chi connectivity index (χ2v) is 3.03. The van der Waals surface area contributed by atoms with Crippen LogP contribution in [0.3, 0.4) is 0 Å². The summed E-state index contributed by atoms with van der Waals surface area (Å²) in [5, 5.41) is 3.15. The smallest absolute Gasteiger partial charge is 0.0680 e. The summed E-state index contributed by atoms with van der Waals surface area (Å²) in [5.41, 5.74) is 2.70. The van der Waals surface area contributed by atoms with Gasteiger partial charge in [-0.2, -0.15) is 0 Å². The largest absolute Gasteiger partial charge is 0.357 e. The predicted molar refractivity (Wildman–Crippen MR) is 49.2 cm³/mol. The van der Waals surface area contributed by atoms with E-state index in [1.807, 2.05) is 19.4 Å². The Balaban J connectivity index is 2.24. The first-order valence-corrected chi connectivity index (χ1v) is 4.24. The predicted octanol–water partition coefficient (Wildman–Crippen LogP) is 0.621. The lowest BCUT2D eigenvalue weighted by molar-refractivity contribution is 0.737. The van der Waals surface area contributed by atoms with Crippen LogP contribution < -0.4 is 10.2 Å². The Morgan fingerprint density at radius 3 is 3.42 bits per heavy atom. The summed E-state index contributed by atoms with van der Waals surface area (Å²) in [5.74, 6) is 0. The molecule has 0 atom stereocenters. The van der Waals surface area contributed by atoms with Crippen molar-refractivity contribution < 1.29 is 0 Å². The molecule has 64 valence electrons. The highest BCUT2D eigenvalue weighted by Crippen LogP contribution is 2.25. The third kappa shape index (κ3) is 1.16. The van der Waals surface area contributed by atoms with E-state index in [0.717, 1.165) is 19.6 Å². The number of rotatable bonds is 2. The van der Waals surface area contributed by atoms with Gasteiger partial charge in [-0.15, -0.1) is 0 Å². The molecule has 0 aliphatic carbocycles. The SMILES string of the molecule is CNCN1CCc2ccncc21. The van der Waals surface area contributed by atoms with Crippen LogP contribution in [0.2, 0.25) is 0 Å². The molecule has 3 nitrogen and oxygen atoms in total. The van der Waals surface area contributed by atoms with E-state index in [2.05, 4.69) is 21.3 Å². The van der Waals surface area contributed by atoms with Gasteiger partial charge in [-0.1, -0.05) is 0 Å². The first-order chi connectivity index (χ1) is 5.92. The van der Waals surface area contributed by atoms with Crippen molar-refractivity contribution in [3.63, 3.8) is 0 Å². The van der Waals surface area contributed by atoms with E-state index in [4.69, 9.17) is 0 Å². The average molecular weight is 163 g/mol. The molecule has 1 N–H and O–H groups in total. The first-order valence-electron chi connectivity index (χ1n) is 4.24. The summed E-state index contributed by atoms with van der Waals surface area (Å²) in [6.07, 6.45) is 4.96. The van der Waals surface area contributed by atoms with Gasteiger partial charge in [0.2, 0.25) is 0 Å². The molecular weight excluding hydrogens is 150 g/mol. The topological polar surface area (TPSA) is 28.2 Å². The molecule has 1 aromatic rings. The molecule has 1 aliphatic heterocycles. The Bertz CT molecular complexity index is 270. The number of anilines is 1. The van der Waals surface area contributed by atoms with Crippen LogP contribution in [0, 0.1) is 0 Å². The first kappa shape index (κ1) is 7.55. The molecule has 0 bridgehead atoms. The fourth-order valence-electron chi connectivity index (χ4n) is 1.64. The van der Waals surface area contributed by atoms with Gasteiger partial charge >= 0.3 is 0 Å². The molecule has 0 aromatic carbocycles. The highest BCUT2D eigenvalue weighted by molar-refractivity contribution is 5.55. The van der Waals surface area contributed by atoms with Gasteiger partial charge in [0.05, 0.1) is 18.6 Å². The third-order valence-corrected chi connectivity index (χ3v) is 2.23. The Kier molecular flexibility index (Phi) is 1.96. The van der Waals surface area contributed by atoms with Crippen molar-refractivity contribution in [3.8, 4) is 0 Å². The van der Waals surface area contributed by atoms with Gasteiger partial charge in [0.1, 0.15) is 0 Å². The second kappa shape index (κ2) is 3.11. The monoisotopic (exact) mass is 163 g/mol. The minimum absolute atomic E-state index is 0.915. The van der Waals surface area contributed by atoms with Gasteiger partial charge in [-0.25, -0.2) is 0 Å². The van der Waals surface area contributed by atoms with E-state index in [9.17, 15) is 0 Å². The zero-order valence-corrected chi connectivity index (χ0v) is 7.25. The molecule has 0 amide bonds. The van der Waals surface area contributed by atoms with Crippen LogP contribution in [-0.2, 0) is 6.42 Å². The van der Waals surface area contributed by atoms with Crippen molar-refractivity contribution in [1.82, 2.24) is 10.3 Å². The Morgan fingerprint density at radius 2 is 2.58 bits per heavy atom. The number of fused-ring (bicyclic) bond motifs is 1. The minimum Gasteiger partial charge on any atom is -0.357 e. The van der Waals surface area contributed by atoms with Crippen molar-refractivity contribution in [2.24, 2.45) is 0 Å². The normalized spacial score (nSPS) is 14.9. The van der Waals surface area contributed by atoms with Gasteiger partial charge in [0.25, 0.3) is 0 Å². The molecule has 1 aliphatic rings. The Labute approximate surface area is 72.4 Å². The molecule has 0 radical (unpaired) electrons. The molecule has 0 saturated carbocycles. The summed E-state index contributed by atoms with van der Waals surface area (Å²) in [7, 11) is 1.97. The molecular formula is C9H13N3. The molecule has 3 heteroatoms. The van der Waals surface area contributed by atoms with Crippen LogP contribution in [-0.4, -0.2) is 25.2 Å². The number of pyridine rings is 1. The van der Waals surface area contributed by atoms with Crippen molar-refractivity contribution in [2.75, 3.05) is 25.2 Å². The van der Waals surface area contributed by atoms with Crippen molar-refractivity contribution in [2.45, 2.75) is 6.42 Å². The molecule has 2 rings (SSSR count). The van der Waals surface area contributed by atoms with Crippen LogP contribution in [0.15, 0.2) is 18.5 Å². The van der Waals surface area contributed by atoms with E-state index in [1.54, 1.807) is 0 Å². The van der Waals surface area contributed by atoms with Gasteiger partial charge in [0, 0.05) is 12.7 Å². The highest BCUT2D eigenvalue weighted by atomic mass is 15.2. The maximum atomic E-state index is 4.12. The van der Waals surface area contributed by atoms with Crippen molar-refractivity contribution in [1.29, 1.82) is 0 Å². The van der Waals surface area contributed by atoms with Gasteiger partial charge < -0.3 is 10.2 Å². The summed E-state index contributed by atoms with van der Waals surface area (Å²) < 4.78 is 0. The zero-order valence-electron chi connectivity index (χ0n) is 7.25. The molecule has 0 spiro atoms. The lowest BCUT2D eigenvalue weighted by Gasteiger charge is -2.17. The molecule has 12 heavy (non-hydrogen) atoms. The molecule has 2 heterocycles. The van der Waals surface area contributed by atoms with E-state index in [0.29, 0.717) is 0 Å². The number of hydrogen-bond donors (Lipinski definition) is 1. The summed E-state index contributed by atoms with van der Waals surface area (Å²) in [6.45, 7) is 2.03. The van der Waals surface area contributed by atoms with E-state index >= 15 is 0 Å². The van der Waals surface area contributed by atoms with Crippen molar-refractivity contribution in [3.05, 3.63) is 24.0 Å². The van der Waals surface area contributed by atoms with Crippen LogP contribution >= 0.6 is 0 Å². The van der Waals surface area contributed by atoms with Crippen molar-refractivity contribution >= 4 is 5.69 Å². The molecule has 0 fully saturated rings. The standard InChI is InChI=1S/C9H13N3/c1-10-7-12-5-3-8-2-4-11-6-9(8)12/h2,4,6,10H,3,5,7H2,1H3. The second-order valence-electron chi connectivity index (χ2n) is 3.03. The van der Waals surface area contributed by atoms with Gasteiger partial charge in [0.15, 0.2) is 0 Å². The number of hydrogen-bond acceptors (Lipinski definition) is 3. The summed E-state index contributed by atoms with van der Waals surface area (Å²) in [6, 6.07) is 2.10. The fourth-order valence-corrected chi connectivity index (χ4v) is 1.64. The number of nitrogens with zero attached hydrogens (tertiary/aromatic N) is 2. The summed E-state index contributed by atoms with van der Waals surface area (Å²) in [4.78, 5) is 6.43. The van der Waals surface area contributed by atoms with E-state index < -0.39 is 0 Å². The molecule has 1 aromatic heterocycles. The highest BCUT2D eigenvalue weighted by Gasteiger charge is 2.17. The zero-order chi connectivity index (χ0) is 8.39. The Hall–Kier alpha value is -1.09. The molecule has 0 unspecified atom stereocenters. The number of nitrogens with one attached hydrogen (secondary N) is 1. The van der Waals surface area contributed by atoms with Crippen LogP contribution in [0.4, 0.5) is 5.69 Å². The number of aromatic nitrogens is 1. The average Bonchev–Trinajstić information content (AvgIpc) is 2.50.